The molecule has 3 heteroatoms. The molecule has 0 amide bonds. The summed E-state index contributed by atoms with van der Waals surface area (Å²) in [5.74, 6) is 2.39. The van der Waals surface area contributed by atoms with Gasteiger partial charge in [-0.3, -0.25) is 0 Å². The highest BCUT2D eigenvalue weighted by Gasteiger charge is 2.10. The Morgan fingerprint density at radius 3 is 2.67 bits per heavy atom. The number of thiocyanates is 1. The third-order valence-electron chi connectivity index (χ3n) is 3.15. The number of nitriles is 1. The predicted molar refractivity (Wildman–Crippen MR) is 78.0 cm³/mol. The molecule has 98 valence electrons. The smallest absolute Gasteiger partial charge is 0.133 e. The number of nitrogens with zero attached hydrogens (tertiary/aromatic N) is 1. The lowest BCUT2D eigenvalue weighted by Crippen LogP contribution is -2.05. The molecule has 0 heterocycles. The zero-order valence-electron chi connectivity index (χ0n) is 11.6. The summed E-state index contributed by atoms with van der Waals surface area (Å²) in [6.45, 7) is 9.16. The second-order valence-electron chi connectivity index (χ2n) is 4.62. The average molecular weight is 263 g/mol. The highest BCUT2D eigenvalue weighted by atomic mass is 32.2. The van der Waals surface area contributed by atoms with Crippen LogP contribution in [0.15, 0.2) is 12.1 Å². The minimum absolute atomic E-state index is 0.519. The van der Waals surface area contributed by atoms with E-state index in [-0.39, 0.29) is 0 Å². The number of rotatable bonds is 6. The fraction of sp³-hybridized carbons (Fsp3) is 0.533. The maximum atomic E-state index is 8.57. The number of hydrogen-bond acceptors (Lipinski definition) is 3. The van der Waals surface area contributed by atoms with E-state index in [2.05, 4.69) is 38.3 Å². The van der Waals surface area contributed by atoms with Gasteiger partial charge in [0.15, 0.2) is 0 Å². The molecular weight excluding hydrogens is 242 g/mol. The first-order chi connectivity index (χ1) is 8.60. The van der Waals surface area contributed by atoms with E-state index in [1.807, 2.05) is 6.92 Å². The van der Waals surface area contributed by atoms with Crippen molar-refractivity contribution in [1.29, 1.82) is 5.26 Å². The maximum Gasteiger partial charge on any atom is 0.133 e. The van der Waals surface area contributed by atoms with Crippen LogP contribution in [-0.2, 0) is 6.42 Å². The van der Waals surface area contributed by atoms with Crippen molar-refractivity contribution in [3.05, 3.63) is 28.8 Å². The molecule has 0 saturated heterocycles. The molecular formula is C15H21NOS. The van der Waals surface area contributed by atoms with E-state index in [4.69, 9.17) is 10.00 Å². The van der Waals surface area contributed by atoms with Crippen LogP contribution in [0.3, 0.4) is 0 Å². The summed E-state index contributed by atoms with van der Waals surface area (Å²) in [5.41, 5.74) is 3.91. The van der Waals surface area contributed by atoms with Gasteiger partial charge in [-0.2, -0.15) is 5.26 Å². The third-order valence-corrected chi connectivity index (χ3v) is 4.02. The number of thioether (sulfide) groups is 1. The molecule has 18 heavy (non-hydrogen) atoms. The average Bonchev–Trinajstić information content (AvgIpc) is 2.36. The molecule has 0 aromatic heterocycles. The van der Waals surface area contributed by atoms with Gasteiger partial charge in [-0.15, -0.1) is 0 Å². The molecule has 1 rings (SSSR count). The SMILES string of the molecule is CCOc1ccc(CC(C)CSC#N)c(C)c1C. The summed E-state index contributed by atoms with van der Waals surface area (Å²) in [4.78, 5) is 0. The topological polar surface area (TPSA) is 33.0 Å². The quantitative estimate of drug-likeness (QED) is 0.725. The molecule has 0 saturated carbocycles. The monoisotopic (exact) mass is 263 g/mol. The van der Waals surface area contributed by atoms with Gasteiger partial charge in [0.1, 0.15) is 11.2 Å². The van der Waals surface area contributed by atoms with Crippen molar-refractivity contribution in [2.24, 2.45) is 5.92 Å². The summed E-state index contributed by atoms with van der Waals surface area (Å²) in [7, 11) is 0. The van der Waals surface area contributed by atoms with Crippen LogP contribution >= 0.6 is 11.8 Å². The Hall–Kier alpha value is -1.14. The second kappa shape index (κ2) is 7.33. The van der Waals surface area contributed by atoms with Crippen LogP contribution in [0.5, 0.6) is 5.75 Å². The fourth-order valence-electron chi connectivity index (χ4n) is 2.00. The van der Waals surface area contributed by atoms with Crippen LogP contribution in [0.25, 0.3) is 0 Å². The molecule has 0 aliphatic heterocycles. The van der Waals surface area contributed by atoms with Crippen molar-refractivity contribution in [2.75, 3.05) is 12.4 Å². The van der Waals surface area contributed by atoms with Crippen LogP contribution in [0.2, 0.25) is 0 Å². The van der Waals surface area contributed by atoms with Crippen LogP contribution in [0.4, 0.5) is 0 Å². The maximum absolute atomic E-state index is 8.57. The van der Waals surface area contributed by atoms with Gasteiger partial charge >= 0.3 is 0 Å². The molecule has 0 aliphatic carbocycles. The van der Waals surface area contributed by atoms with Crippen LogP contribution in [-0.4, -0.2) is 12.4 Å². The lowest BCUT2D eigenvalue weighted by molar-refractivity contribution is 0.337. The standard InChI is InChI=1S/C15H21NOS/c1-5-17-15-7-6-14(12(3)13(15)4)8-11(2)9-18-10-16/h6-7,11H,5,8-9H2,1-4H3. The predicted octanol–water partition coefficient (Wildman–Crippen LogP) is 4.10. The van der Waals surface area contributed by atoms with E-state index in [0.717, 1.165) is 17.9 Å². The van der Waals surface area contributed by atoms with Gasteiger partial charge in [-0.05, 0) is 67.6 Å². The molecule has 0 aliphatic rings. The van der Waals surface area contributed by atoms with E-state index in [1.165, 1.54) is 28.5 Å². The van der Waals surface area contributed by atoms with E-state index in [9.17, 15) is 0 Å². The lowest BCUT2D eigenvalue weighted by atomic mass is 9.95. The van der Waals surface area contributed by atoms with Gasteiger partial charge in [0.25, 0.3) is 0 Å². The molecule has 2 nitrogen and oxygen atoms in total. The van der Waals surface area contributed by atoms with Gasteiger partial charge in [-0.1, -0.05) is 13.0 Å². The highest BCUT2D eigenvalue weighted by molar-refractivity contribution is 8.03. The molecule has 0 fully saturated rings. The number of ether oxygens (including phenoxy) is 1. The van der Waals surface area contributed by atoms with Crippen LogP contribution in [0.1, 0.15) is 30.5 Å². The largest absolute Gasteiger partial charge is 0.494 e. The van der Waals surface area contributed by atoms with E-state index >= 15 is 0 Å². The Bertz CT molecular complexity index is 437. The summed E-state index contributed by atoms with van der Waals surface area (Å²) in [5, 5.41) is 10.7. The molecule has 1 aromatic carbocycles. The summed E-state index contributed by atoms with van der Waals surface area (Å²) >= 11 is 1.34. The Morgan fingerprint density at radius 1 is 1.33 bits per heavy atom. The first-order valence-electron chi connectivity index (χ1n) is 6.32. The molecule has 0 bridgehead atoms. The Labute approximate surface area is 114 Å². The minimum Gasteiger partial charge on any atom is -0.494 e. The van der Waals surface area contributed by atoms with Gasteiger partial charge in [0.05, 0.1) is 6.61 Å². The van der Waals surface area contributed by atoms with Crippen molar-refractivity contribution in [3.63, 3.8) is 0 Å². The van der Waals surface area contributed by atoms with Crippen LogP contribution in [0, 0.1) is 30.4 Å². The molecule has 1 unspecified atom stereocenters. The first-order valence-corrected chi connectivity index (χ1v) is 7.31. The Kier molecular flexibility index (Phi) is 6.07. The third kappa shape index (κ3) is 3.96. The zero-order valence-corrected chi connectivity index (χ0v) is 12.4. The summed E-state index contributed by atoms with van der Waals surface area (Å²) in [6, 6.07) is 4.21. The van der Waals surface area contributed by atoms with Gasteiger partial charge in [0, 0.05) is 5.75 Å². The minimum atomic E-state index is 0.519. The molecule has 0 N–H and O–H groups in total. The number of benzene rings is 1. The molecule has 1 aromatic rings. The molecule has 0 radical (unpaired) electrons. The highest BCUT2D eigenvalue weighted by Crippen LogP contribution is 2.26. The van der Waals surface area contributed by atoms with Gasteiger partial charge in [-0.25, -0.2) is 0 Å². The van der Waals surface area contributed by atoms with E-state index < -0.39 is 0 Å². The fourth-order valence-corrected chi connectivity index (χ4v) is 2.48. The normalized spacial score (nSPS) is 11.9. The van der Waals surface area contributed by atoms with Crippen molar-refractivity contribution in [2.45, 2.75) is 34.1 Å². The summed E-state index contributed by atoms with van der Waals surface area (Å²) < 4.78 is 5.60. The van der Waals surface area contributed by atoms with E-state index in [1.54, 1.807) is 0 Å². The molecule has 0 spiro atoms. The van der Waals surface area contributed by atoms with Crippen molar-refractivity contribution in [1.82, 2.24) is 0 Å². The second-order valence-corrected chi connectivity index (χ2v) is 5.42. The van der Waals surface area contributed by atoms with Crippen molar-refractivity contribution < 1.29 is 4.74 Å². The number of hydrogen-bond donors (Lipinski definition) is 0. The Balaban J connectivity index is 2.79. The summed E-state index contributed by atoms with van der Waals surface area (Å²) in [6.07, 6.45) is 1.02. The van der Waals surface area contributed by atoms with Gasteiger partial charge < -0.3 is 4.74 Å². The van der Waals surface area contributed by atoms with Gasteiger partial charge in [0.2, 0.25) is 0 Å². The first kappa shape index (κ1) is 14.9. The lowest BCUT2D eigenvalue weighted by Gasteiger charge is -2.16. The van der Waals surface area contributed by atoms with E-state index in [0.29, 0.717) is 12.5 Å². The van der Waals surface area contributed by atoms with Crippen molar-refractivity contribution >= 4 is 11.8 Å². The van der Waals surface area contributed by atoms with Crippen LogP contribution < -0.4 is 4.74 Å². The Morgan fingerprint density at radius 2 is 2.06 bits per heavy atom. The molecule has 1 atom stereocenters. The zero-order chi connectivity index (χ0) is 13.5. The van der Waals surface area contributed by atoms with Crippen molar-refractivity contribution in [3.8, 4) is 11.2 Å².